The molecule has 0 aromatic heterocycles. The predicted molar refractivity (Wildman–Crippen MR) is 84.8 cm³/mol. The van der Waals surface area contributed by atoms with E-state index in [0.29, 0.717) is 19.4 Å². The topological polar surface area (TPSA) is 96.2 Å². The number of ether oxygens (including phenoxy) is 2. The summed E-state index contributed by atoms with van der Waals surface area (Å²) in [5, 5.41) is 28.8. The first-order valence-corrected chi connectivity index (χ1v) is 8.51. The van der Waals surface area contributed by atoms with E-state index in [1.54, 1.807) is 6.92 Å². The van der Waals surface area contributed by atoms with Crippen molar-refractivity contribution < 1.29 is 29.6 Å². The zero-order valence-corrected chi connectivity index (χ0v) is 14.0. The molecule has 0 amide bonds. The standard InChI is InChI=1S/C15H28O6S/c1-10-13(18)14(19)12(9-16)21-15(10)20-7-3-2-5-11(17)6-4-8-22/h10,12-16,18-19,22H,2-9H2,1H3/t10?,12?,13-,14+,15+/m1/s1. The van der Waals surface area contributed by atoms with Gasteiger partial charge >= 0.3 is 0 Å². The summed E-state index contributed by atoms with van der Waals surface area (Å²) in [5.74, 6) is 0.594. The molecule has 0 aromatic carbocycles. The molecule has 22 heavy (non-hydrogen) atoms. The fraction of sp³-hybridized carbons (Fsp3) is 0.933. The summed E-state index contributed by atoms with van der Waals surface area (Å²) in [7, 11) is 0. The van der Waals surface area contributed by atoms with Crippen molar-refractivity contribution in [2.45, 2.75) is 63.6 Å². The lowest BCUT2D eigenvalue weighted by molar-refractivity contribution is -0.282. The molecule has 1 aliphatic rings. The van der Waals surface area contributed by atoms with E-state index < -0.39 is 24.6 Å². The Morgan fingerprint density at radius 2 is 1.86 bits per heavy atom. The second-order valence-corrected chi connectivity index (χ2v) is 6.21. The Kier molecular flexibility index (Phi) is 9.54. The minimum absolute atomic E-state index is 0.246. The van der Waals surface area contributed by atoms with Gasteiger partial charge in [0.2, 0.25) is 0 Å². The van der Waals surface area contributed by atoms with Crippen molar-refractivity contribution in [1.82, 2.24) is 0 Å². The molecule has 1 fully saturated rings. The van der Waals surface area contributed by atoms with Crippen LogP contribution in [0.1, 0.15) is 39.0 Å². The van der Waals surface area contributed by atoms with Gasteiger partial charge in [0.25, 0.3) is 0 Å². The Balaban J connectivity index is 2.22. The van der Waals surface area contributed by atoms with Crippen LogP contribution in [-0.2, 0) is 14.3 Å². The van der Waals surface area contributed by atoms with Crippen LogP contribution in [0.2, 0.25) is 0 Å². The van der Waals surface area contributed by atoms with Gasteiger partial charge in [-0.05, 0) is 25.0 Å². The van der Waals surface area contributed by atoms with Crippen LogP contribution in [0.3, 0.4) is 0 Å². The number of aliphatic hydroxyl groups excluding tert-OH is 3. The Labute approximate surface area is 137 Å². The Hall–Kier alpha value is -0.180. The maximum atomic E-state index is 11.5. The van der Waals surface area contributed by atoms with Crippen molar-refractivity contribution in [3.8, 4) is 0 Å². The van der Waals surface area contributed by atoms with Crippen LogP contribution in [0.4, 0.5) is 0 Å². The first-order chi connectivity index (χ1) is 10.5. The Bertz CT molecular complexity index is 325. The highest BCUT2D eigenvalue weighted by Crippen LogP contribution is 2.26. The summed E-state index contributed by atoms with van der Waals surface area (Å²) >= 11 is 4.07. The van der Waals surface area contributed by atoms with E-state index in [2.05, 4.69) is 12.6 Å². The van der Waals surface area contributed by atoms with Gasteiger partial charge in [0.05, 0.1) is 12.7 Å². The van der Waals surface area contributed by atoms with E-state index in [0.717, 1.165) is 25.0 Å². The smallest absolute Gasteiger partial charge is 0.163 e. The average Bonchev–Trinajstić information content (AvgIpc) is 2.52. The van der Waals surface area contributed by atoms with Gasteiger partial charge in [-0.2, -0.15) is 12.6 Å². The summed E-state index contributed by atoms with van der Waals surface area (Å²) in [6, 6.07) is 0. The maximum absolute atomic E-state index is 11.5. The monoisotopic (exact) mass is 336 g/mol. The molecule has 7 heteroatoms. The number of carbonyl (C=O) groups is 1. The quantitative estimate of drug-likeness (QED) is 0.343. The predicted octanol–water partition coefficient (Wildman–Crippen LogP) is 0.527. The highest BCUT2D eigenvalue weighted by Gasteiger charge is 2.42. The number of aliphatic hydroxyl groups is 3. The SMILES string of the molecule is CC1[C@@H](OCCCCC(=O)CCCS)OC(CO)[C@H](O)[C@@H]1O. The fourth-order valence-electron chi connectivity index (χ4n) is 2.44. The first kappa shape index (κ1) is 19.9. The van der Waals surface area contributed by atoms with E-state index in [1.807, 2.05) is 0 Å². The third-order valence-corrected chi connectivity index (χ3v) is 4.25. The second-order valence-electron chi connectivity index (χ2n) is 5.76. The molecular weight excluding hydrogens is 308 g/mol. The summed E-state index contributed by atoms with van der Waals surface area (Å²) < 4.78 is 11.0. The minimum Gasteiger partial charge on any atom is -0.394 e. The number of hydrogen-bond donors (Lipinski definition) is 4. The van der Waals surface area contributed by atoms with E-state index in [1.165, 1.54) is 0 Å². The van der Waals surface area contributed by atoms with Gasteiger partial charge in [-0.15, -0.1) is 0 Å². The maximum Gasteiger partial charge on any atom is 0.163 e. The number of hydrogen-bond acceptors (Lipinski definition) is 7. The summed E-state index contributed by atoms with van der Waals surface area (Å²) in [6.07, 6.45) is -0.177. The lowest BCUT2D eigenvalue weighted by atomic mass is 9.92. The van der Waals surface area contributed by atoms with Crippen LogP contribution < -0.4 is 0 Å². The Morgan fingerprint density at radius 1 is 1.18 bits per heavy atom. The van der Waals surface area contributed by atoms with Crippen LogP contribution in [-0.4, -0.2) is 64.7 Å². The molecule has 1 heterocycles. The summed E-state index contributed by atoms with van der Waals surface area (Å²) in [4.78, 5) is 11.5. The van der Waals surface area contributed by atoms with Crippen molar-refractivity contribution in [1.29, 1.82) is 0 Å². The number of Topliss-reactive ketones (excluding diaryl/α,β-unsaturated/α-hetero) is 1. The zero-order chi connectivity index (χ0) is 16.5. The molecule has 5 atom stereocenters. The van der Waals surface area contributed by atoms with Gasteiger partial charge in [-0.25, -0.2) is 0 Å². The molecule has 1 rings (SSSR count). The normalized spacial score (nSPS) is 32.1. The molecule has 0 aromatic rings. The molecular formula is C15H28O6S. The lowest BCUT2D eigenvalue weighted by Gasteiger charge is -2.40. The van der Waals surface area contributed by atoms with E-state index in [9.17, 15) is 15.0 Å². The van der Waals surface area contributed by atoms with Crippen molar-refractivity contribution >= 4 is 18.4 Å². The van der Waals surface area contributed by atoms with Crippen molar-refractivity contribution in [2.75, 3.05) is 19.0 Å². The van der Waals surface area contributed by atoms with Gasteiger partial charge in [0.15, 0.2) is 6.29 Å². The molecule has 0 saturated carbocycles. The van der Waals surface area contributed by atoms with Gasteiger partial charge in [-0.1, -0.05) is 6.92 Å². The third kappa shape index (κ3) is 6.14. The van der Waals surface area contributed by atoms with E-state index in [-0.39, 0.29) is 18.3 Å². The molecule has 0 spiro atoms. The largest absolute Gasteiger partial charge is 0.394 e. The van der Waals surface area contributed by atoms with Crippen LogP contribution >= 0.6 is 12.6 Å². The number of ketones is 1. The number of unbranched alkanes of at least 4 members (excludes halogenated alkanes) is 1. The number of rotatable bonds is 10. The van der Waals surface area contributed by atoms with Crippen molar-refractivity contribution in [3.63, 3.8) is 0 Å². The molecule has 1 aliphatic heterocycles. The average molecular weight is 336 g/mol. The van der Waals surface area contributed by atoms with Gasteiger partial charge in [0.1, 0.15) is 18.0 Å². The van der Waals surface area contributed by atoms with Crippen molar-refractivity contribution in [2.24, 2.45) is 5.92 Å². The molecule has 0 radical (unpaired) electrons. The van der Waals surface area contributed by atoms with E-state index in [4.69, 9.17) is 14.6 Å². The molecule has 130 valence electrons. The van der Waals surface area contributed by atoms with Crippen LogP contribution in [0.5, 0.6) is 0 Å². The molecule has 0 aliphatic carbocycles. The van der Waals surface area contributed by atoms with E-state index >= 15 is 0 Å². The van der Waals surface area contributed by atoms with Crippen LogP contribution in [0, 0.1) is 5.92 Å². The first-order valence-electron chi connectivity index (χ1n) is 7.87. The zero-order valence-electron chi connectivity index (χ0n) is 13.1. The third-order valence-electron chi connectivity index (χ3n) is 3.93. The van der Waals surface area contributed by atoms with Crippen LogP contribution in [0.25, 0.3) is 0 Å². The van der Waals surface area contributed by atoms with Gasteiger partial charge in [0, 0.05) is 25.4 Å². The Morgan fingerprint density at radius 3 is 2.50 bits per heavy atom. The lowest BCUT2D eigenvalue weighted by Crippen LogP contribution is -2.55. The second kappa shape index (κ2) is 10.6. The number of carbonyl (C=O) groups excluding carboxylic acids is 1. The van der Waals surface area contributed by atoms with Gasteiger partial charge < -0.3 is 24.8 Å². The highest BCUT2D eigenvalue weighted by molar-refractivity contribution is 7.80. The van der Waals surface area contributed by atoms with Gasteiger partial charge in [-0.3, -0.25) is 4.79 Å². The minimum atomic E-state index is -1.11. The summed E-state index contributed by atoms with van der Waals surface area (Å²) in [5.41, 5.74) is 0. The molecule has 2 unspecified atom stereocenters. The highest BCUT2D eigenvalue weighted by atomic mass is 32.1. The number of thiol groups is 1. The summed E-state index contributed by atoms with van der Waals surface area (Å²) in [6.45, 7) is 1.77. The van der Waals surface area contributed by atoms with Crippen molar-refractivity contribution in [3.05, 3.63) is 0 Å². The fourth-order valence-corrected chi connectivity index (χ4v) is 2.59. The molecule has 6 nitrogen and oxygen atoms in total. The molecule has 1 saturated heterocycles. The molecule has 0 bridgehead atoms. The molecule has 3 N–H and O–H groups in total. The van der Waals surface area contributed by atoms with Crippen LogP contribution in [0.15, 0.2) is 0 Å².